The molecule has 0 bridgehead atoms. The summed E-state index contributed by atoms with van der Waals surface area (Å²) in [6, 6.07) is 7.40. The second kappa shape index (κ2) is 5.48. The van der Waals surface area contributed by atoms with Crippen LogP contribution in [0.3, 0.4) is 0 Å². The fourth-order valence-corrected chi connectivity index (χ4v) is 2.58. The van der Waals surface area contributed by atoms with Gasteiger partial charge in [0, 0.05) is 36.2 Å². The molecule has 1 aromatic carbocycles. The molecule has 0 aliphatic rings. The number of hydrogen-bond acceptors (Lipinski definition) is 1. The van der Waals surface area contributed by atoms with Crippen LogP contribution in [0.4, 0.5) is 13.2 Å². The van der Waals surface area contributed by atoms with Gasteiger partial charge in [-0.1, -0.05) is 18.2 Å². The second-order valence-corrected chi connectivity index (χ2v) is 5.25. The average molecular weight is 284 g/mol. The molecule has 5 heteroatoms. The molecule has 0 amide bonds. The van der Waals surface area contributed by atoms with E-state index in [4.69, 9.17) is 0 Å². The normalized spacial score (nSPS) is 13.9. The largest absolute Gasteiger partial charge is 0.390 e. The summed E-state index contributed by atoms with van der Waals surface area (Å²) in [5.41, 5.74) is 3.25. The van der Waals surface area contributed by atoms with Crippen LogP contribution in [0.2, 0.25) is 0 Å². The van der Waals surface area contributed by atoms with E-state index in [0.29, 0.717) is 6.54 Å². The van der Waals surface area contributed by atoms with Crippen molar-refractivity contribution in [3.05, 3.63) is 35.5 Å². The van der Waals surface area contributed by atoms with Crippen LogP contribution in [-0.4, -0.2) is 16.8 Å². The third kappa shape index (κ3) is 3.15. The molecule has 1 N–H and O–H groups in total. The molecule has 0 saturated heterocycles. The lowest BCUT2D eigenvalue weighted by Crippen LogP contribution is -2.31. The first-order valence-electron chi connectivity index (χ1n) is 6.62. The van der Waals surface area contributed by atoms with Crippen molar-refractivity contribution in [1.82, 2.24) is 9.88 Å². The number of rotatable bonds is 4. The van der Waals surface area contributed by atoms with Gasteiger partial charge in [0.2, 0.25) is 0 Å². The summed E-state index contributed by atoms with van der Waals surface area (Å²) in [7, 11) is 1.95. The molecule has 0 spiro atoms. The highest BCUT2D eigenvalue weighted by Crippen LogP contribution is 2.25. The van der Waals surface area contributed by atoms with E-state index < -0.39 is 18.6 Å². The number of nitrogens with one attached hydrogen (secondary N) is 1. The smallest absolute Gasteiger partial charge is 0.346 e. The van der Waals surface area contributed by atoms with Gasteiger partial charge in [-0.25, -0.2) is 0 Å². The predicted octanol–water partition coefficient (Wildman–Crippen LogP) is 3.92. The number of nitrogens with zero attached hydrogens (tertiary/aromatic N) is 1. The van der Waals surface area contributed by atoms with Crippen LogP contribution in [0.25, 0.3) is 10.9 Å². The molecule has 20 heavy (non-hydrogen) atoms. The van der Waals surface area contributed by atoms with Gasteiger partial charge in [-0.15, -0.1) is 0 Å². The van der Waals surface area contributed by atoms with Crippen LogP contribution in [0, 0.1) is 6.92 Å². The summed E-state index contributed by atoms with van der Waals surface area (Å²) in [4.78, 5) is 0. The van der Waals surface area contributed by atoms with E-state index in [1.807, 2.05) is 42.8 Å². The summed E-state index contributed by atoms with van der Waals surface area (Å²) >= 11 is 0. The minimum absolute atomic E-state index is 0.439. The Morgan fingerprint density at radius 1 is 1.25 bits per heavy atom. The molecule has 1 aromatic heterocycles. The first-order chi connectivity index (χ1) is 9.29. The summed E-state index contributed by atoms with van der Waals surface area (Å²) in [5.74, 6) is 0. The Balaban J connectivity index is 2.14. The van der Waals surface area contributed by atoms with Gasteiger partial charge in [0.05, 0.1) is 6.42 Å². The molecule has 2 rings (SSSR count). The van der Waals surface area contributed by atoms with Gasteiger partial charge in [-0.3, -0.25) is 0 Å². The molecule has 0 radical (unpaired) electrons. The van der Waals surface area contributed by atoms with E-state index in [1.165, 1.54) is 0 Å². The number of alkyl halides is 3. The van der Waals surface area contributed by atoms with E-state index in [9.17, 15) is 13.2 Å². The lowest BCUT2D eigenvalue weighted by atomic mass is 10.1. The van der Waals surface area contributed by atoms with Crippen LogP contribution in [0.5, 0.6) is 0 Å². The maximum Gasteiger partial charge on any atom is 0.390 e. The van der Waals surface area contributed by atoms with Crippen LogP contribution < -0.4 is 5.32 Å². The highest BCUT2D eigenvalue weighted by atomic mass is 19.4. The maximum absolute atomic E-state index is 12.3. The quantitative estimate of drug-likeness (QED) is 0.900. The SMILES string of the molecule is Cc1c(CNC(C)CC(F)(F)F)n(C)c2ccccc12. The zero-order chi connectivity index (χ0) is 14.9. The first-order valence-corrected chi connectivity index (χ1v) is 6.62. The lowest BCUT2D eigenvalue weighted by molar-refractivity contribution is -0.139. The minimum atomic E-state index is -4.12. The molecule has 1 atom stereocenters. The Bertz CT molecular complexity index is 560. The molecule has 110 valence electrons. The second-order valence-electron chi connectivity index (χ2n) is 5.25. The van der Waals surface area contributed by atoms with Gasteiger partial charge in [0.15, 0.2) is 0 Å². The van der Waals surface area contributed by atoms with Gasteiger partial charge in [-0.2, -0.15) is 13.2 Å². The first kappa shape index (κ1) is 14.9. The Kier molecular flexibility index (Phi) is 4.09. The lowest BCUT2D eigenvalue weighted by Gasteiger charge is -2.16. The van der Waals surface area contributed by atoms with E-state index >= 15 is 0 Å². The topological polar surface area (TPSA) is 17.0 Å². The molecule has 0 aliphatic carbocycles. The van der Waals surface area contributed by atoms with Crippen molar-refractivity contribution in [2.75, 3.05) is 0 Å². The Morgan fingerprint density at radius 3 is 2.50 bits per heavy atom. The van der Waals surface area contributed by atoms with Gasteiger partial charge in [0.25, 0.3) is 0 Å². The minimum Gasteiger partial charge on any atom is -0.346 e. The Morgan fingerprint density at radius 2 is 1.90 bits per heavy atom. The van der Waals surface area contributed by atoms with E-state index in [0.717, 1.165) is 22.2 Å². The maximum atomic E-state index is 12.3. The molecule has 0 aliphatic heterocycles. The molecular formula is C15H19F3N2. The summed E-state index contributed by atoms with van der Waals surface area (Å²) in [6.07, 6.45) is -4.93. The van der Waals surface area contributed by atoms with Crippen molar-refractivity contribution < 1.29 is 13.2 Å². The van der Waals surface area contributed by atoms with Gasteiger partial charge in [-0.05, 0) is 25.5 Å². The summed E-state index contributed by atoms with van der Waals surface area (Å²) < 4.78 is 39.0. The molecule has 0 saturated carbocycles. The van der Waals surface area contributed by atoms with E-state index in [2.05, 4.69) is 5.32 Å². The number of hydrogen-bond donors (Lipinski definition) is 1. The number of aryl methyl sites for hydroxylation is 2. The number of benzene rings is 1. The van der Waals surface area contributed by atoms with Gasteiger partial charge in [0.1, 0.15) is 0 Å². The molecule has 1 heterocycles. The highest BCUT2D eigenvalue weighted by Gasteiger charge is 2.29. The molecule has 1 unspecified atom stereocenters. The summed E-state index contributed by atoms with van der Waals surface area (Å²) in [6.45, 7) is 4.01. The van der Waals surface area contributed by atoms with Crippen molar-refractivity contribution in [2.45, 2.75) is 39.0 Å². The van der Waals surface area contributed by atoms with Gasteiger partial charge >= 0.3 is 6.18 Å². The van der Waals surface area contributed by atoms with Gasteiger partial charge < -0.3 is 9.88 Å². The van der Waals surface area contributed by atoms with E-state index in [1.54, 1.807) is 6.92 Å². The molecule has 2 aromatic rings. The van der Waals surface area contributed by atoms with Crippen LogP contribution in [-0.2, 0) is 13.6 Å². The van der Waals surface area contributed by atoms with Crippen molar-refractivity contribution in [1.29, 1.82) is 0 Å². The van der Waals surface area contributed by atoms with E-state index in [-0.39, 0.29) is 0 Å². The number of aromatic nitrogens is 1. The van der Waals surface area contributed by atoms with Crippen LogP contribution in [0.15, 0.2) is 24.3 Å². The standard InChI is InChI=1S/C15H19F3N2/c1-10(8-15(16,17)18)19-9-14-11(2)12-6-4-5-7-13(12)20(14)3/h4-7,10,19H,8-9H2,1-3H3. The zero-order valence-electron chi connectivity index (χ0n) is 11.9. The van der Waals surface area contributed by atoms with Crippen LogP contribution >= 0.6 is 0 Å². The Hall–Kier alpha value is -1.49. The zero-order valence-corrected chi connectivity index (χ0v) is 11.9. The van der Waals surface area contributed by atoms with Crippen molar-refractivity contribution >= 4 is 10.9 Å². The highest BCUT2D eigenvalue weighted by molar-refractivity contribution is 5.85. The number of fused-ring (bicyclic) bond motifs is 1. The van der Waals surface area contributed by atoms with Crippen molar-refractivity contribution in [2.24, 2.45) is 7.05 Å². The fraction of sp³-hybridized carbons (Fsp3) is 0.467. The van der Waals surface area contributed by atoms with Crippen LogP contribution in [0.1, 0.15) is 24.6 Å². The molecule has 2 nitrogen and oxygen atoms in total. The summed E-state index contributed by atoms with van der Waals surface area (Å²) in [5, 5.41) is 4.11. The predicted molar refractivity (Wildman–Crippen MR) is 74.6 cm³/mol. The van der Waals surface area contributed by atoms with Crippen molar-refractivity contribution in [3.63, 3.8) is 0 Å². The molecular weight excluding hydrogens is 265 g/mol. The third-order valence-electron chi connectivity index (χ3n) is 3.66. The number of halogens is 3. The molecule has 0 fully saturated rings. The Labute approximate surface area is 116 Å². The fourth-order valence-electron chi connectivity index (χ4n) is 2.58. The van der Waals surface area contributed by atoms with Crippen molar-refractivity contribution in [3.8, 4) is 0 Å². The monoisotopic (exact) mass is 284 g/mol. The average Bonchev–Trinajstić information content (AvgIpc) is 2.59. The number of para-hydroxylation sites is 1. The third-order valence-corrected chi connectivity index (χ3v) is 3.66.